The highest BCUT2D eigenvalue weighted by atomic mass is 16.7. The maximum Gasteiger partial charge on any atom is 0.334 e. The maximum absolute atomic E-state index is 13.7. The first kappa shape index (κ1) is 19.7. The fourth-order valence-corrected chi connectivity index (χ4v) is 3.35. The highest BCUT2D eigenvalue weighted by Gasteiger charge is 2.58. The number of ether oxygens (including phenoxy) is 2. The van der Waals surface area contributed by atoms with Gasteiger partial charge in [-0.25, -0.2) is 9.69 Å². The minimum atomic E-state index is -1.73. The third-order valence-corrected chi connectivity index (χ3v) is 4.56. The van der Waals surface area contributed by atoms with Crippen LogP contribution in [0.15, 0.2) is 60.7 Å². The van der Waals surface area contributed by atoms with Crippen LogP contribution in [-0.2, 0) is 24.5 Å². The number of amides is 4. The molecule has 0 unspecified atom stereocenters. The number of nitrogens with zero attached hydrogens (tertiary/aromatic N) is 1. The van der Waals surface area contributed by atoms with Crippen LogP contribution in [0.2, 0.25) is 0 Å². The van der Waals surface area contributed by atoms with Gasteiger partial charge in [0.25, 0.3) is 18.2 Å². The van der Waals surface area contributed by atoms with Gasteiger partial charge >= 0.3 is 6.03 Å². The molecule has 0 atom stereocenters. The second-order valence-electron chi connectivity index (χ2n) is 6.13. The van der Waals surface area contributed by atoms with E-state index >= 15 is 0 Å². The molecule has 2 aromatic rings. The first-order valence-corrected chi connectivity index (χ1v) is 9.10. The van der Waals surface area contributed by atoms with Crippen LogP contribution >= 0.6 is 0 Å². The standard InChI is InChI=1S/C21H22N2O5/c1-3-27-20(28-4-2)23-18(25)21(17(24)22-19(23)26,15-11-7-5-8-12-15)16-13-9-6-10-14-16/h5-14,20H,3-4H2,1-2H3,(H,22,24,26). The second-order valence-corrected chi connectivity index (χ2v) is 6.13. The van der Waals surface area contributed by atoms with Crippen molar-refractivity contribution in [3.05, 3.63) is 71.8 Å². The van der Waals surface area contributed by atoms with E-state index in [2.05, 4.69) is 5.32 Å². The Morgan fingerprint density at radius 2 is 1.32 bits per heavy atom. The molecule has 0 aromatic heterocycles. The minimum absolute atomic E-state index is 0.222. The second kappa shape index (κ2) is 8.33. The molecule has 0 bridgehead atoms. The summed E-state index contributed by atoms with van der Waals surface area (Å²) in [5, 5.41) is 2.31. The predicted molar refractivity (Wildman–Crippen MR) is 101 cm³/mol. The van der Waals surface area contributed by atoms with Crippen LogP contribution in [-0.4, -0.2) is 42.4 Å². The Kier molecular flexibility index (Phi) is 5.87. The summed E-state index contributed by atoms with van der Waals surface area (Å²) < 4.78 is 10.9. The molecule has 2 aromatic carbocycles. The zero-order valence-electron chi connectivity index (χ0n) is 15.8. The van der Waals surface area contributed by atoms with Gasteiger partial charge in [0.2, 0.25) is 0 Å². The summed E-state index contributed by atoms with van der Waals surface area (Å²) in [6.45, 7) is 3.90. The van der Waals surface area contributed by atoms with Crippen LogP contribution in [0.5, 0.6) is 0 Å². The van der Waals surface area contributed by atoms with Gasteiger partial charge in [0.05, 0.1) is 0 Å². The van der Waals surface area contributed by atoms with Crippen LogP contribution in [0.25, 0.3) is 0 Å². The van der Waals surface area contributed by atoms with E-state index in [4.69, 9.17) is 9.47 Å². The molecule has 0 radical (unpaired) electrons. The first-order chi connectivity index (χ1) is 13.6. The maximum atomic E-state index is 13.7. The van der Waals surface area contributed by atoms with Crippen molar-refractivity contribution in [3.8, 4) is 0 Å². The summed E-state index contributed by atoms with van der Waals surface area (Å²) in [6, 6.07) is 16.4. The van der Waals surface area contributed by atoms with Gasteiger partial charge in [-0.1, -0.05) is 60.7 Å². The summed E-state index contributed by atoms with van der Waals surface area (Å²) in [4.78, 5) is 40.3. The number of benzene rings is 2. The number of urea groups is 1. The van der Waals surface area contributed by atoms with Crippen molar-refractivity contribution in [1.29, 1.82) is 0 Å². The molecule has 1 heterocycles. The fourth-order valence-electron chi connectivity index (χ4n) is 3.35. The van der Waals surface area contributed by atoms with Crippen molar-refractivity contribution in [2.45, 2.75) is 25.7 Å². The third-order valence-electron chi connectivity index (χ3n) is 4.56. The average Bonchev–Trinajstić information content (AvgIpc) is 2.70. The highest BCUT2D eigenvalue weighted by Crippen LogP contribution is 2.37. The largest absolute Gasteiger partial charge is 0.335 e. The van der Waals surface area contributed by atoms with Crippen molar-refractivity contribution in [1.82, 2.24) is 10.2 Å². The molecule has 1 N–H and O–H groups in total. The topological polar surface area (TPSA) is 84.9 Å². The summed E-state index contributed by atoms with van der Waals surface area (Å²) in [7, 11) is 0. The lowest BCUT2D eigenvalue weighted by Crippen LogP contribution is -2.69. The van der Waals surface area contributed by atoms with Gasteiger partial charge in [-0.15, -0.1) is 0 Å². The number of barbiturate groups is 1. The van der Waals surface area contributed by atoms with E-state index in [0.717, 1.165) is 4.90 Å². The van der Waals surface area contributed by atoms with Crippen LogP contribution in [0.4, 0.5) is 4.79 Å². The number of carbonyl (C=O) groups is 3. The quantitative estimate of drug-likeness (QED) is 0.587. The molecule has 0 aliphatic carbocycles. The van der Waals surface area contributed by atoms with Crippen LogP contribution in [0.3, 0.4) is 0 Å². The Bertz CT molecular complexity index is 808. The van der Waals surface area contributed by atoms with Crippen molar-refractivity contribution in [2.24, 2.45) is 0 Å². The summed E-state index contributed by atoms with van der Waals surface area (Å²) >= 11 is 0. The smallest absolute Gasteiger partial charge is 0.334 e. The molecule has 146 valence electrons. The Morgan fingerprint density at radius 1 is 0.857 bits per heavy atom. The van der Waals surface area contributed by atoms with E-state index in [1.807, 2.05) is 0 Å². The minimum Gasteiger partial charge on any atom is -0.335 e. The molecule has 4 amide bonds. The van der Waals surface area contributed by atoms with Gasteiger partial charge < -0.3 is 9.47 Å². The Balaban J connectivity index is 2.21. The normalized spacial score (nSPS) is 16.4. The van der Waals surface area contributed by atoms with Gasteiger partial charge in [-0.05, 0) is 25.0 Å². The Morgan fingerprint density at radius 3 is 1.75 bits per heavy atom. The monoisotopic (exact) mass is 382 g/mol. The Hall–Kier alpha value is -3.03. The van der Waals surface area contributed by atoms with Gasteiger partial charge in [0, 0.05) is 13.2 Å². The van der Waals surface area contributed by atoms with E-state index in [0.29, 0.717) is 11.1 Å². The molecule has 0 spiro atoms. The molecule has 28 heavy (non-hydrogen) atoms. The summed E-state index contributed by atoms with van der Waals surface area (Å²) in [5.74, 6) is -1.42. The first-order valence-electron chi connectivity index (χ1n) is 9.10. The van der Waals surface area contributed by atoms with Gasteiger partial charge in [0.15, 0.2) is 5.41 Å². The molecule has 7 heteroatoms. The van der Waals surface area contributed by atoms with Crippen molar-refractivity contribution in [3.63, 3.8) is 0 Å². The van der Waals surface area contributed by atoms with E-state index in [9.17, 15) is 14.4 Å². The number of carbonyl (C=O) groups excluding carboxylic acids is 3. The van der Waals surface area contributed by atoms with Crippen LogP contribution < -0.4 is 5.32 Å². The van der Waals surface area contributed by atoms with E-state index < -0.39 is 29.7 Å². The zero-order chi connectivity index (χ0) is 20.1. The molecule has 1 aliphatic rings. The number of nitrogens with one attached hydrogen (secondary N) is 1. The molecule has 1 fully saturated rings. The van der Waals surface area contributed by atoms with E-state index in [-0.39, 0.29) is 13.2 Å². The van der Waals surface area contributed by atoms with Crippen LogP contribution in [0, 0.1) is 0 Å². The average molecular weight is 382 g/mol. The van der Waals surface area contributed by atoms with Gasteiger partial charge in [0.1, 0.15) is 0 Å². The molecule has 3 rings (SSSR count). The zero-order valence-corrected chi connectivity index (χ0v) is 15.8. The molecule has 1 saturated heterocycles. The van der Waals surface area contributed by atoms with Crippen molar-refractivity contribution < 1.29 is 23.9 Å². The van der Waals surface area contributed by atoms with Crippen LogP contribution in [0.1, 0.15) is 25.0 Å². The fraction of sp³-hybridized carbons (Fsp3) is 0.286. The highest BCUT2D eigenvalue weighted by molar-refractivity contribution is 6.25. The number of rotatable bonds is 7. The number of imide groups is 2. The molecule has 0 saturated carbocycles. The van der Waals surface area contributed by atoms with E-state index in [1.54, 1.807) is 74.5 Å². The molecule has 1 aliphatic heterocycles. The number of hydrogen-bond donors (Lipinski definition) is 1. The van der Waals surface area contributed by atoms with Crippen molar-refractivity contribution in [2.75, 3.05) is 13.2 Å². The molecular formula is C21H22N2O5. The third kappa shape index (κ3) is 3.19. The van der Waals surface area contributed by atoms with Gasteiger partial charge in [-0.2, -0.15) is 0 Å². The Labute approximate surface area is 163 Å². The van der Waals surface area contributed by atoms with Gasteiger partial charge in [-0.3, -0.25) is 14.9 Å². The lowest BCUT2D eigenvalue weighted by molar-refractivity contribution is -0.210. The molecule has 7 nitrogen and oxygen atoms in total. The summed E-state index contributed by atoms with van der Waals surface area (Å²) in [6.07, 6.45) is -1.23. The predicted octanol–water partition coefficient (Wildman–Crippen LogP) is 2.41. The van der Waals surface area contributed by atoms with Crippen molar-refractivity contribution >= 4 is 17.8 Å². The lowest BCUT2D eigenvalue weighted by Gasteiger charge is -2.42. The summed E-state index contributed by atoms with van der Waals surface area (Å²) in [5.41, 5.74) is -0.830. The molecular weight excluding hydrogens is 360 g/mol. The lowest BCUT2D eigenvalue weighted by atomic mass is 9.71. The number of hydrogen-bond acceptors (Lipinski definition) is 5. The van der Waals surface area contributed by atoms with E-state index in [1.165, 1.54) is 0 Å². The SMILES string of the molecule is CCOC(OCC)N1C(=O)NC(=O)C(c2ccccc2)(c2ccccc2)C1=O.